The Labute approximate surface area is 135 Å². The molecule has 0 aliphatic carbocycles. The largest absolute Gasteiger partial charge is 0.370 e. The van der Waals surface area contributed by atoms with Crippen molar-refractivity contribution in [2.75, 3.05) is 19.7 Å². The summed E-state index contributed by atoms with van der Waals surface area (Å²) in [7, 11) is -2.91. The summed E-state index contributed by atoms with van der Waals surface area (Å²) in [5.41, 5.74) is 10.9. The second-order valence-electron chi connectivity index (χ2n) is 8.26. The summed E-state index contributed by atoms with van der Waals surface area (Å²) in [4.78, 5) is 4.22. The van der Waals surface area contributed by atoms with Crippen molar-refractivity contribution in [3.8, 4) is 0 Å². The lowest BCUT2D eigenvalue weighted by molar-refractivity contribution is 0.161. The second kappa shape index (κ2) is 6.90. The van der Waals surface area contributed by atoms with Crippen LogP contribution < -0.4 is 11.5 Å². The SMILES string of the molecule is CC(C)(C)COP(=O)(N1CCC(N=C(N)N)CC1)C(C)(C)C. The minimum Gasteiger partial charge on any atom is -0.370 e. The third-order valence-corrected chi connectivity index (χ3v) is 6.98. The molecule has 1 atom stereocenters. The van der Waals surface area contributed by atoms with Gasteiger partial charge in [-0.3, -0.25) is 9.56 Å². The number of nitrogens with zero attached hydrogens (tertiary/aromatic N) is 2. The zero-order chi connectivity index (χ0) is 17.2. The molecule has 1 saturated heterocycles. The molecule has 0 aromatic heterocycles. The van der Waals surface area contributed by atoms with Gasteiger partial charge in [0.25, 0.3) is 7.52 Å². The summed E-state index contributed by atoms with van der Waals surface area (Å²) in [6, 6.07) is 0.122. The minimum atomic E-state index is -2.91. The van der Waals surface area contributed by atoms with Gasteiger partial charge in [0.05, 0.1) is 17.8 Å². The number of piperidine rings is 1. The average molecular weight is 332 g/mol. The van der Waals surface area contributed by atoms with Crippen LogP contribution in [0.2, 0.25) is 0 Å². The Balaban J connectivity index is 2.83. The highest BCUT2D eigenvalue weighted by molar-refractivity contribution is 7.58. The highest BCUT2D eigenvalue weighted by atomic mass is 31.2. The fourth-order valence-electron chi connectivity index (χ4n) is 2.44. The van der Waals surface area contributed by atoms with E-state index in [0.29, 0.717) is 19.7 Å². The molecule has 1 rings (SSSR count). The van der Waals surface area contributed by atoms with Crippen LogP contribution >= 0.6 is 7.52 Å². The van der Waals surface area contributed by atoms with Gasteiger partial charge in [-0.2, -0.15) is 0 Å². The van der Waals surface area contributed by atoms with Gasteiger partial charge in [0.15, 0.2) is 5.96 Å². The molecular formula is C15H33N4O2P. The van der Waals surface area contributed by atoms with Crippen molar-refractivity contribution in [1.82, 2.24) is 4.67 Å². The molecule has 1 aliphatic heterocycles. The monoisotopic (exact) mass is 332 g/mol. The summed E-state index contributed by atoms with van der Waals surface area (Å²) < 4.78 is 21.6. The molecule has 0 amide bonds. The number of nitrogens with two attached hydrogens (primary N) is 2. The molecule has 0 saturated carbocycles. The molecule has 0 bridgehead atoms. The Morgan fingerprint density at radius 1 is 1.18 bits per heavy atom. The lowest BCUT2D eigenvalue weighted by atomic mass is 9.99. The number of rotatable bonds is 4. The molecule has 0 spiro atoms. The van der Waals surface area contributed by atoms with E-state index >= 15 is 0 Å². The van der Waals surface area contributed by atoms with Gasteiger partial charge in [0, 0.05) is 13.1 Å². The van der Waals surface area contributed by atoms with Crippen LogP contribution in [0.4, 0.5) is 0 Å². The quantitative estimate of drug-likeness (QED) is 0.469. The summed E-state index contributed by atoms with van der Waals surface area (Å²) in [5.74, 6) is 0.126. The van der Waals surface area contributed by atoms with Gasteiger partial charge in [-0.05, 0) is 39.0 Å². The maximum Gasteiger partial charge on any atom is 0.277 e. The third-order valence-electron chi connectivity index (χ3n) is 3.67. The second-order valence-corrected chi connectivity index (χ2v) is 11.5. The normalized spacial score (nSPS) is 21.4. The standard InChI is InChI=1S/C15H33N4O2P/c1-14(2,3)11-21-22(20,15(4,5)6)19-9-7-12(8-10-19)18-13(16)17/h12H,7-11H2,1-6H3,(H4,16,17,18). The zero-order valence-corrected chi connectivity index (χ0v) is 15.8. The molecule has 1 unspecified atom stereocenters. The first kappa shape index (κ1) is 19.5. The number of aliphatic imine (C=N–C) groups is 1. The van der Waals surface area contributed by atoms with E-state index in [1.165, 1.54) is 0 Å². The van der Waals surface area contributed by atoms with E-state index in [2.05, 4.69) is 25.8 Å². The maximum absolute atomic E-state index is 13.6. The van der Waals surface area contributed by atoms with Crippen molar-refractivity contribution in [1.29, 1.82) is 0 Å². The van der Waals surface area contributed by atoms with Crippen LogP contribution in [0.5, 0.6) is 0 Å². The smallest absolute Gasteiger partial charge is 0.277 e. The van der Waals surface area contributed by atoms with Crippen molar-refractivity contribution in [3.63, 3.8) is 0 Å². The number of hydrogen-bond acceptors (Lipinski definition) is 3. The zero-order valence-electron chi connectivity index (χ0n) is 14.9. The number of hydrogen-bond donors (Lipinski definition) is 2. The molecule has 0 aromatic carbocycles. The van der Waals surface area contributed by atoms with E-state index in [-0.39, 0.29) is 17.4 Å². The van der Waals surface area contributed by atoms with Crippen LogP contribution in [0, 0.1) is 5.41 Å². The molecule has 7 heteroatoms. The predicted octanol–water partition coefficient (Wildman–Crippen LogP) is 2.78. The van der Waals surface area contributed by atoms with Crippen LogP contribution in [0.15, 0.2) is 4.99 Å². The van der Waals surface area contributed by atoms with Crippen LogP contribution in [0.3, 0.4) is 0 Å². The van der Waals surface area contributed by atoms with Crippen molar-refractivity contribution in [2.45, 2.75) is 65.6 Å². The molecule has 130 valence electrons. The van der Waals surface area contributed by atoms with Gasteiger partial charge >= 0.3 is 0 Å². The van der Waals surface area contributed by atoms with Gasteiger partial charge in [-0.15, -0.1) is 0 Å². The lowest BCUT2D eigenvalue weighted by Crippen LogP contribution is -2.40. The van der Waals surface area contributed by atoms with Crippen LogP contribution in [0.25, 0.3) is 0 Å². The summed E-state index contributed by atoms with van der Waals surface area (Å²) in [6.45, 7) is 14.1. The van der Waals surface area contributed by atoms with E-state index in [0.717, 1.165) is 12.8 Å². The summed E-state index contributed by atoms with van der Waals surface area (Å²) >= 11 is 0. The van der Waals surface area contributed by atoms with Crippen LogP contribution in [0.1, 0.15) is 54.4 Å². The van der Waals surface area contributed by atoms with E-state index in [1.807, 2.05) is 25.4 Å². The summed E-state index contributed by atoms with van der Waals surface area (Å²) in [5, 5.41) is -0.415. The van der Waals surface area contributed by atoms with Crippen molar-refractivity contribution >= 4 is 13.5 Å². The van der Waals surface area contributed by atoms with Gasteiger partial charge in [-0.25, -0.2) is 4.67 Å². The first-order chi connectivity index (χ1) is 9.85. The Kier molecular flexibility index (Phi) is 6.10. The summed E-state index contributed by atoms with van der Waals surface area (Å²) in [6.07, 6.45) is 1.60. The molecule has 0 radical (unpaired) electrons. The topological polar surface area (TPSA) is 93.9 Å². The lowest BCUT2D eigenvalue weighted by Gasteiger charge is -2.42. The molecule has 22 heavy (non-hydrogen) atoms. The first-order valence-electron chi connectivity index (χ1n) is 7.94. The highest BCUT2D eigenvalue weighted by Gasteiger charge is 2.45. The van der Waals surface area contributed by atoms with Crippen LogP contribution in [-0.4, -0.2) is 41.5 Å². The predicted molar refractivity (Wildman–Crippen MR) is 93.2 cm³/mol. The fourth-order valence-corrected chi connectivity index (χ4v) is 5.16. The molecule has 4 N–H and O–H groups in total. The Bertz CT molecular complexity index is 439. The van der Waals surface area contributed by atoms with Gasteiger partial charge in [0.2, 0.25) is 0 Å². The van der Waals surface area contributed by atoms with Gasteiger partial charge in [-0.1, -0.05) is 20.8 Å². The van der Waals surface area contributed by atoms with E-state index in [4.69, 9.17) is 16.0 Å². The van der Waals surface area contributed by atoms with E-state index in [1.54, 1.807) is 0 Å². The Morgan fingerprint density at radius 2 is 1.68 bits per heavy atom. The highest BCUT2D eigenvalue weighted by Crippen LogP contribution is 2.62. The van der Waals surface area contributed by atoms with Gasteiger partial charge < -0.3 is 16.0 Å². The average Bonchev–Trinajstić information content (AvgIpc) is 2.34. The van der Waals surface area contributed by atoms with Crippen molar-refractivity contribution in [2.24, 2.45) is 21.9 Å². The van der Waals surface area contributed by atoms with Crippen LogP contribution in [-0.2, 0) is 9.09 Å². The minimum absolute atomic E-state index is 0.0163. The van der Waals surface area contributed by atoms with Crippen molar-refractivity contribution in [3.05, 3.63) is 0 Å². The number of guanidine groups is 1. The molecule has 0 aromatic rings. The molecule has 1 fully saturated rings. The van der Waals surface area contributed by atoms with E-state index in [9.17, 15) is 4.57 Å². The fraction of sp³-hybridized carbons (Fsp3) is 0.933. The molecular weight excluding hydrogens is 299 g/mol. The third kappa shape index (κ3) is 5.25. The Morgan fingerprint density at radius 3 is 2.05 bits per heavy atom. The van der Waals surface area contributed by atoms with Crippen molar-refractivity contribution < 1.29 is 9.09 Å². The Hall–Kier alpha value is -0.580. The molecule has 1 aliphatic rings. The van der Waals surface area contributed by atoms with Gasteiger partial charge in [0.1, 0.15) is 0 Å². The molecule has 6 nitrogen and oxygen atoms in total. The maximum atomic E-state index is 13.6. The van der Waals surface area contributed by atoms with E-state index < -0.39 is 12.7 Å². The first-order valence-corrected chi connectivity index (χ1v) is 9.52. The molecule has 1 heterocycles.